The molecule has 1 N–H and O–H groups in total. The van der Waals surface area contributed by atoms with Crippen molar-refractivity contribution in [3.05, 3.63) is 65.5 Å². The number of amides is 1. The molecule has 2 aromatic carbocycles. The topological polar surface area (TPSA) is 64.1 Å². The van der Waals surface area contributed by atoms with Crippen LogP contribution in [-0.2, 0) is 5.75 Å². The quantitative estimate of drug-likeness (QED) is 0.444. The second-order valence-electron chi connectivity index (χ2n) is 5.94. The van der Waals surface area contributed by atoms with Gasteiger partial charge in [0.25, 0.3) is 5.91 Å². The zero-order valence-corrected chi connectivity index (χ0v) is 16.4. The number of carbonyl (C=O) groups excluding carboxylic acids is 1. The molecule has 0 atom stereocenters. The van der Waals surface area contributed by atoms with Gasteiger partial charge in [-0.2, -0.15) is 0 Å². The average molecular weight is 404 g/mol. The van der Waals surface area contributed by atoms with Crippen LogP contribution in [0, 0.1) is 5.82 Å². The first-order chi connectivity index (χ1) is 13.0. The fourth-order valence-corrected chi connectivity index (χ4v) is 3.91. The number of thioether (sulfide) groups is 1. The van der Waals surface area contributed by atoms with Crippen LogP contribution in [-0.4, -0.2) is 22.2 Å². The normalized spacial score (nSPS) is 10.8. The molecule has 27 heavy (non-hydrogen) atoms. The Kier molecular flexibility index (Phi) is 6.41. The predicted octanol–water partition coefficient (Wildman–Crippen LogP) is 5.01. The number of rotatable bonds is 7. The van der Waals surface area contributed by atoms with Crippen molar-refractivity contribution in [2.24, 2.45) is 0 Å². The van der Waals surface area contributed by atoms with Crippen LogP contribution in [0.25, 0.3) is 0 Å². The summed E-state index contributed by atoms with van der Waals surface area (Å²) in [4.78, 5) is 12.3. The predicted molar refractivity (Wildman–Crippen MR) is 106 cm³/mol. The van der Waals surface area contributed by atoms with Gasteiger partial charge in [0.1, 0.15) is 11.6 Å². The molecule has 8 heteroatoms. The van der Waals surface area contributed by atoms with Crippen molar-refractivity contribution in [2.45, 2.75) is 30.0 Å². The number of halogens is 1. The van der Waals surface area contributed by atoms with E-state index < -0.39 is 0 Å². The van der Waals surface area contributed by atoms with E-state index in [-0.39, 0.29) is 17.8 Å². The molecule has 0 fully saturated rings. The summed E-state index contributed by atoms with van der Waals surface area (Å²) in [5.41, 5.74) is 1.37. The third-order valence-electron chi connectivity index (χ3n) is 3.37. The van der Waals surface area contributed by atoms with Gasteiger partial charge in [0, 0.05) is 11.3 Å². The van der Waals surface area contributed by atoms with E-state index in [0.717, 1.165) is 5.56 Å². The van der Waals surface area contributed by atoms with Crippen molar-refractivity contribution >= 4 is 34.1 Å². The van der Waals surface area contributed by atoms with Gasteiger partial charge in [0.2, 0.25) is 5.13 Å². The minimum atomic E-state index is -0.261. The van der Waals surface area contributed by atoms with E-state index in [1.807, 2.05) is 19.9 Å². The van der Waals surface area contributed by atoms with Crippen molar-refractivity contribution < 1.29 is 13.9 Å². The Morgan fingerprint density at radius 3 is 2.70 bits per heavy atom. The van der Waals surface area contributed by atoms with Gasteiger partial charge < -0.3 is 4.74 Å². The molecule has 0 saturated heterocycles. The second kappa shape index (κ2) is 8.96. The Labute approximate surface area is 165 Å². The molecule has 1 amide bonds. The molecule has 0 aliphatic rings. The van der Waals surface area contributed by atoms with Crippen molar-refractivity contribution in [1.82, 2.24) is 10.2 Å². The van der Waals surface area contributed by atoms with Crippen LogP contribution in [0.1, 0.15) is 29.8 Å². The molecular formula is C19H18FN3O2S2. The molecule has 0 aliphatic heterocycles. The molecule has 1 aromatic heterocycles. The molecule has 0 aliphatic carbocycles. The molecule has 3 aromatic rings. The fraction of sp³-hybridized carbons (Fsp3) is 0.211. The molecule has 0 spiro atoms. The highest BCUT2D eigenvalue weighted by Crippen LogP contribution is 2.28. The lowest BCUT2D eigenvalue weighted by Gasteiger charge is -2.09. The van der Waals surface area contributed by atoms with Crippen LogP contribution in [0.2, 0.25) is 0 Å². The SMILES string of the molecule is CC(C)Oc1ccc(C(=O)Nc2nnc(SCc3cccc(F)c3)s2)cc1. The highest BCUT2D eigenvalue weighted by atomic mass is 32.2. The molecular weight excluding hydrogens is 385 g/mol. The van der Waals surface area contributed by atoms with E-state index in [4.69, 9.17) is 4.74 Å². The van der Waals surface area contributed by atoms with E-state index in [0.29, 0.717) is 26.5 Å². The maximum atomic E-state index is 13.2. The van der Waals surface area contributed by atoms with E-state index >= 15 is 0 Å². The van der Waals surface area contributed by atoms with Crippen molar-refractivity contribution in [3.63, 3.8) is 0 Å². The fourth-order valence-electron chi connectivity index (χ4n) is 2.22. The second-order valence-corrected chi connectivity index (χ2v) is 8.14. The lowest BCUT2D eigenvalue weighted by molar-refractivity contribution is 0.102. The van der Waals surface area contributed by atoms with Crippen molar-refractivity contribution in [2.75, 3.05) is 5.32 Å². The van der Waals surface area contributed by atoms with Gasteiger partial charge in [0.05, 0.1) is 6.10 Å². The first-order valence-electron chi connectivity index (χ1n) is 8.28. The van der Waals surface area contributed by atoms with Crippen LogP contribution in [0.4, 0.5) is 9.52 Å². The van der Waals surface area contributed by atoms with Crippen LogP contribution in [0.15, 0.2) is 52.9 Å². The zero-order chi connectivity index (χ0) is 19.2. The number of anilines is 1. The van der Waals surface area contributed by atoms with Gasteiger partial charge in [-0.05, 0) is 55.8 Å². The number of aromatic nitrogens is 2. The number of carbonyl (C=O) groups is 1. The molecule has 140 valence electrons. The van der Waals surface area contributed by atoms with E-state index in [1.165, 1.54) is 35.2 Å². The number of benzene rings is 2. The molecule has 0 unspecified atom stereocenters. The monoisotopic (exact) mass is 403 g/mol. The molecule has 0 bridgehead atoms. The molecule has 1 heterocycles. The van der Waals surface area contributed by atoms with Crippen LogP contribution >= 0.6 is 23.1 Å². The van der Waals surface area contributed by atoms with Crippen LogP contribution < -0.4 is 10.1 Å². The molecule has 3 rings (SSSR count). The minimum absolute atomic E-state index is 0.0781. The van der Waals surface area contributed by atoms with Gasteiger partial charge >= 0.3 is 0 Å². The van der Waals surface area contributed by atoms with Crippen molar-refractivity contribution in [3.8, 4) is 5.75 Å². The third kappa shape index (κ3) is 5.77. The summed E-state index contributed by atoms with van der Waals surface area (Å²) < 4.78 is 19.5. The van der Waals surface area contributed by atoms with Crippen molar-refractivity contribution in [1.29, 1.82) is 0 Å². The maximum absolute atomic E-state index is 13.2. The summed E-state index contributed by atoms with van der Waals surface area (Å²) in [6, 6.07) is 13.4. The Balaban J connectivity index is 1.56. The van der Waals surface area contributed by atoms with Gasteiger partial charge in [-0.3, -0.25) is 10.1 Å². The molecule has 0 saturated carbocycles. The number of ether oxygens (including phenoxy) is 1. The van der Waals surface area contributed by atoms with Crippen LogP contribution in [0.5, 0.6) is 5.75 Å². The summed E-state index contributed by atoms with van der Waals surface area (Å²) in [5, 5.41) is 11.2. The Morgan fingerprint density at radius 1 is 1.22 bits per heavy atom. The van der Waals surface area contributed by atoms with Crippen LogP contribution in [0.3, 0.4) is 0 Å². The number of hydrogen-bond donors (Lipinski definition) is 1. The summed E-state index contributed by atoms with van der Waals surface area (Å²) in [7, 11) is 0. The maximum Gasteiger partial charge on any atom is 0.257 e. The average Bonchev–Trinajstić information content (AvgIpc) is 3.07. The summed E-state index contributed by atoms with van der Waals surface area (Å²) in [6.45, 7) is 3.89. The smallest absolute Gasteiger partial charge is 0.257 e. The number of nitrogens with one attached hydrogen (secondary N) is 1. The third-order valence-corrected chi connectivity index (χ3v) is 5.41. The lowest BCUT2D eigenvalue weighted by atomic mass is 10.2. The Hall–Kier alpha value is -2.45. The van der Waals surface area contributed by atoms with Gasteiger partial charge in [-0.15, -0.1) is 10.2 Å². The Bertz CT molecular complexity index is 913. The first-order valence-corrected chi connectivity index (χ1v) is 10.1. The minimum Gasteiger partial charge on any atom is -0.491 e. The van der Waals surface area contributed by atoms with Gasteiger partial charge in [-0.1, -0.05) is 35.2 Å². The standard InChI is InChI=1S/C19H18FN3O2S2/c1-12(2)25-16-8-6-14(7-9-16)17(24)21-18-22-23-19(27-18)26-11-13-4-3-5-15(20)10-13/h3-10,12H,11H2,1-2H3,(H,21,22,24). The highest BCUT2D eigenvalue weighted by Gasteiger charge is 2.11. The number of nitrogens with zero attached hydrogens (tertiary/aromatic N) is 2. The highest BCUT2D eigenvalue weighted by molar-refractivity contribution is 8.00. The molecule has 5 nitrogen and oxygen atoms in total. The van der Waals surface area contributed by atoms with Gasteiger partial charge in [0.15, 0.2) is 4.34 Å². The summed E-state index contributed by atoms with van der Waals surface area (Å²) >= 11 is 2.73. The van der Waals surface area contributed by atoms with E-state index in [2.05, 4.69) is 15.5 Å². The van der Waals surface area contributed by atoms with E-state index in [9.17, 15) is 9.18 Å². The van der Waals surface area contributed by atoms with Gasteiger partial charge in [-0.25, -0.2) is 4.39 Å². The lowest BCUT2D eigenvalue weighted by Crippen LogP contribution is -2.12. The largest absolute Gasteiger partial charge is 0.491 e. The number of hydrogen-bond acceptors (Lipinski definition) is 6. The summed E-state index contributed by atoms with van der Waals surface area (Å²) in [5.74, 6) is 0.776. The first kappa shape index (κ1) is 19.3. The zero-order valence-electron chi connectivity index (χ0n) is 14.8. The van der Waals surface area contributed by atoms with E-state index in [1.54, 1.807) is 30.3 Å². The molecule has 0 radical (unpaired) electrons. The Morgan fingerprint density at radius 2 is 2.00 bits per heavy atom. The summed E-state index contributed by atoms with van der Waals surface area (Å²) in [6.07, 6.45) is 0.0781.